The normalized spacial score (nSPS) is 12.9. The Morgan fingerprint density at radius 1 is 1.39 bits per heavy atom. The number of nitrogens with one attached hydrogen (secondary N) is 2. The van der Waals surface area contributed by atoms with E-state index in [1.165, 1.54) is 11.8 Å². The third-order valence-electron chi connectivity index (χ3n) is 3.14. The number of fused-ring (bicyclic) bond motifs is 1. The van der Waals surface area contributed by atoms with Gasteiger partial charge in [-0.15, -0.1) is 0 Å². The Morgan fingerprint density at radius 3 is 3.06 bits per heavy atom. The van der Waals surface area contributed by atoms with Crippen molar-refractivity contribution in [2.75, 3.05) is 17.2 Å². The van der Waals surface area contributed by atoms with Gasteiger partial charge in [0, 0.05) is 23.5 Å². The number of hydrogen-bond donors (Lipinski definition) is 2. The molecule has 0 aliphatic carbocycles. The summed E-state index contributed by atoms with van der Waals surface area (Å²) in [5.41, 5.74) is 4.04. The van der Waals surface area contributed by atoms with Gasteiger partial charge in [0.25, 0.3) is 5.91 Å². The summed E-state index contributed by atoms with van der Waals surface area (Å²) in [6.07, 6.45) is 2.52. The van der Waals surface area contributed by atoms with Crippen LogP contribution < -0.4 is 10.6 Å². The minimum absolute atomic E-state index is 0.205. The first-order valence-electron chi connectivity index (χ1n) is 5.96. The van der Waals surface area contributed by atoms with Crippen LogP contribution in [0.25, 0.3) is 0 Å². The fourth-order valence-electron chi connectivity index (χ4n) is 2.18. The van der Waals surface area contributed by atoms with E-state index in [2.05, 4.69) is 10.6 Å². The summed E-state index contributed by atoms with van der Waals surface area (Å²) in [7, 11) is 0. The summed E-state index contributed by atoms with van der Waals surface area (Å²) < 4.78 is 5.17. The SMILES string of the molecule is Cc1ccoc1C(=O)Nc1ccc2c(c1)CCN2. The predicted molar refractivity (Wildman–Crippen MR) is 70.0 cm³/mol. The number of carbonyl (C=O) groups excluding carboxylic acids is 1. The van der Waals surface area contributed by atoms with E-state index in [1.807, 2.05) is 25.1 Å². The molecule has 0 fully saturated rings. The summed E-state index contributed by atoms with van der Waals surface area (Å²) in [5.74, 6) is 0.164. The molecule has 0 saturated heterocycles. The van der Waals surface area contributed by atoms with Gasteiger partial charge in [-0.3, -0.25) is 4.79 Å². The first-order valence-corrected chi connectivity index (χ1v) is 5.96. The topological polar surface area (TPSA) is 54.3 Å². The lowest BCUT2D eigenvalue weighted by Crippen LogP contribution is -2.12. The van der Waals surface area contributed by atoms with Crippen molar-refractivity contribution in [3.8, 4) is 0 Å². The lowest BCUT2D eigenvalue weighted by molar-refractivity contribution is 0.0996. The maximum atomic E-state index is 12.0. The Morgan fingerprint density at radius 2 is 2.28 bits per heavy atom. The molecule has 4 nitrogen and oxygen atoms in total. The van der Waals surface area contributed by atoms with Crippen LogP contribution in [0.1, 0.15) is 21.7 Å². The monoisotopic (exact) mass is 242 g/mol. The van der Waals surface area contributed by atoms with Crippen molar-refractivity contribution in [2.45, 2.75) is 13.3 Å². The van der Waals surface area contributed by atoms with E-state index < -0.39 is 0 Å². The highest BCUT2D eigenvalue weighted by Gasteiger charge is 2.14. The maximum absolute atomic E-state index is 12.0. The molecule has 0 spiro atoms. The maximum Gasteiger partial charge on any atom is 0.291 e. The fraction of sp³-hybridized carbons (Fsp3) is 0.214. The van der Waals surface area contributed by atoms with Crippen molar-refractivity contribution in [2.24, 2.45) is 0 Å². The molecule has 0 radical (unpaired) electrons. The Labute approximate surface area is 105 Å². The largest absolute Gasteiger partial charge is 0.459 e. The second-order valence-electron chi connectivity index (χ2n) is 4.44. The number of anilines is 2. The molecule has 18 heavy (non-hydrogen) atoms. The smallest absolute Gasteiger partial charge is 0.291 e. The Kier molecular flexibility index (Phi) is 2.55. The second-order valence-corrected chi connectivity index (χ2v) is 4.44. The first kappa shape index (κ1) is 10.9. The highest BCUT2D eigenvalue weighted by atomic mass is 16.3. The lowest BCUT2D eigenvalue weighted by atomic mass is 10.1. The second kappa shape index (κ2) is 4.22. The third kappa shape index (κ3) is 1.86. The van der Waals surface area contributed by atoms with Gasteiger partial charge in [-0.05, 0) is 43.2 Å². The van der Waals surface area contributed by atoms with Gasteiger partial charge < -0.3 is 15.1 Å². The average Bonchev–Trinajstić information content (AvgIpc) is 2.96. The van der Waals surface area contributed by atoms with E-state index in [1.54, 1.807) is 6.07 Å². The van der Waals surface area contributed by atoms with Gasteiger partial charge in [0.1, 0.15) is 0 Å². The summed E-state index contributed by atoms with van der Waals surface area (Å²) in [5, 5.41) is 6.14. The number of aryl methyl sites for hydroxylation is 1. The van der Waals surface area contributed by atoms with Gasteiger partial charge in [-0.25, -0.2) is 0 Å². The molecule has 3 rings (SSSR count). The molecule has 1 aliphatic heterocycles. The predicted octanol–water partition coefficient (Wildman–Crippen LogP) is 2.81. The molecular weight excluding hydrogens is 228 g/mol. The molecule has 0 unspecified atom stereocenters. The van der Waals surface area contributed by atoms with Crippen LogP contribution in [0.4, 0.5) is 11.4 Å². The van der Waals surface area contributed by atoms with E-state index in [0.717, 1.165) is 29.9 Å². The Hall–Kier alpha value is -2.23. The van der Waals surface area contributed by atoms with Crippen molar-refractivity contribution in [3.63, 3.8) is 0 Å². The van der Waals surface area contributed by atoms with E-state index in [9.17, 15) is 4.79 Å². The molecule has 2 aromatic rings. The zero-order valence-corrected chi connectivity index (χ0v) is 10.1. The average molecular weight is 242 g/mol. The number of rotatable bonds is 2. The zero-order chi connectivity index (χ0) is 12.5. The van der Waals surface area contributed by atoms with E-state index in [0.29, 0.717) is 5.76 Å². The molecule has 1 amide bonds. The van der Waals surface area contributed by atoms with Gasteiger partial charge in [0.2, 0.25) is 0 Å². The minimum Gasteiger partial charge on any atom is -0.459 e. The van der Waals surface area contributed by atoms with Crippen molar-refractivity contribution in [3.05, 3.63) is 47.4 Å². The van der Waals surface area contributed by atoms with Crippen LogP contribution in [-0.2, 0) is 6.42 Å². The number of benzene rings is 1. The van der Waals surface area contributed by atoms with Crippen molar-refractivity contribution in [1.29, 1.82) is 0 Å². The Bertz CT molecular complexity index is 602. The standard InChI is InChI=1S/C14H14N2O2/c1-9-5-7-18-13(9)14(17)16-11-2-3-12-10(8-11)4-6-15-12/h2-3,5,7-8,15H,4,6H2,1H3,(H,16,17). The van der Waals surface area contributed by atoms with Crippen LogP contribution in [0.2, 0.25) is 0 Å². The molecule has 2 N–H and O–H groups in total. The fourth-order valence-corrected chi connectivity index (χ4v) is 2.18. The summed E-state index contributed by atoms with van der Waals surface area (Å²) >= 11 is 0. The van der Waals surface area contributed by atoms with Crippen molar-refractivity contribution >= 4 is 17.3 Å². The van der Waals surface area contributed by atoms with Crippen LogP contribution in [-0.4, -0.2) is 12.5 Å². The van der Waals surface area contributed by atoms with E-state index >= 15 is 0 Å². The van der Waals surface area contributed by atoms with Crippen molar-refractivity contribution in [1.82, 2.24) is 0 Å². The highest BCUT2D eigenvalue weighted by Crippen LogP contribution is 2.25. The molecule has 92 valence electrons. The third-order valence-corrected chi connectivity index (χ3v) is 3.14. The molecule has 2 heterocycles. The van der Waals surface area contributed by atoms with Crippen LogP contribution >= 0.6 is 0 Å². The van der Waals surface area contributed by atoms with E-state index in [4.69, 9.17) is 4.42 Å². The van der Waals surface area contributed by atoms with Gasteiger partial charge >= 0.3 is 0 Å². The van der Waals surface area contributed by atoms with Gasteiger partial charge in [-0.1, -0.05) is 0 Å². The highest BCUT2D eigenvalue weighted by molar-refractivity contribution is 6.03. The molecule has 4 heteroatoms. The van der Waals surface area contributed by atoms with Crippen molar-refractivity contribution < 1.29 is 9.21 Å². The van der Waals surface area contributed by atoms with Gasteiger partial charge in [-0.2, -0.15) is 0 Å². The molecule has 0 saturated carbocycles. The van der Waals surface area contributed by atoms with Crippen LogP contribution in [0.15, 0.2) is 34.9 Å². The minimum atomic E-state index is -0.205. The Balaban J connectivity index is 1.81. The molecular formula is C14H14N2O2. The van der Waals surface area contributed by atoms with Crippen LogP contribution in [0, 0.1) is 6.92 Å². The van der Waals surface area contributed by atoms with Crippen LogP contribution in [0.5, 0.6) is 0 Å². The molecule has 0 bridgehead atoms. The molecule has 1 aromatic carbocycles. The van der Waals surface area contributed by atoms with Gasteiger partial charge in [0.15, 0.2) is 5.76 Å². The quantitative estimate of drug-likeness (QED) is 0.851. The summed E-state index contributed by atoms with van der Waals surface area (Å²) in [4.78, 5) is 12.0. The number of furan rings is 1. The first-order chi connectivity index (χ1) is 8.74. The van der Waals surface area contributed by atoms with E-state index in [-0.39, 0.29) is 5.91 Å². The molecule has 0 atom stereocenters. The summed E-state index contributed by atoms with van der Waals surface area (Å²) in [6.45, 7) is 2.81. The summed E-state index contributed by atoms with van der Waals surface area (Å²) in [6, 6.07) is 7.67. The van der Waals surface area contributed by atoms with Crippen LogP contribution in [0.3, 0.4) is 0 Å². The number of carbonyl (C=O) groups is 1. The number of hydrogen-bond acceptors (Lipinski definition) is 3. The lowest BCUT2D eigenvalue weighted by Gasteiger charge is -2.06. The molecule has 1 aromatic heterocycles. The zero-order valence-electron chi connectivity index (χ0n) is 10.1. The molecule has 1 aliphatic rings. The van der Waals surface area contributed by atoms with Gasteiger partial charge in [0.05, 0.1) is 6.26 Å². The number of amides is 1.